The van der Waals surface area contributed by atoms with Crippen LogP contribution in [0.5, 0.6) is 0 Å². The molecule has 0 bridgehead atoms. The van der Waals surface area contributed by atoms with Crippen LogP contribution < -0.4 is 5.32 Å². The van der Waals surface area contributed by atoms with Crippen LogP contribution in [0.25, 0.3) is 0 Å². The molecule has 1 rings (SSSR count). The zero-order valence-electron chi connectivity index (χ0n) is 10.1. The largest absolute Gasteiger partial charge is 0.317 e. The highest BCUT2D eigenvalue weighted by molar-refractivity contribution is 4.77. The highest BCUT2D eigenvalue weighted by atomic mass is 15.1. The van der Waals surface area contributed by atoms with Crippen LogP contribution in [-0.4, -0.2) is 37.6 Å². The molecule has 2 heteroatoms. The van der Waals surface area contributed by atoms with E-state index in [9.17, 15) is 0 Å². The third-order valence-electron chi connectivity index (χ3n) is 3.59. The maximum Gasteiger partial charge on any atom is 0.00922 e. The maximum atomic E-state index is 3.28. The van der Waals surface area contributed by atoms with Crippen LogP contribution in [0, 0.1) is 0 Å². The monoisotopic (exact) mass is 198 g/mol. The second-order valence-electron chi connectivity index (χ2n) is 4.75. The molecule has 1 unspecified atom stereocenters. The molecular formula is C12H26N2. The topological polar surface area (TPSA) is 15.3 Å². The van der Waals surface area contributed by atoms with E-state index in [4.69, 9.17) is 0 Å². The normalized spacial score (nSPS) is 19.7. The van der Waals surface area contributed by atoms with Gasteiger partial charge in [0, 0.05) is 12.1 Å². The summed E-state index contributed by atoms with van der Waals surface area (Å²) in [6.07, 6.45) is 8.35. The number of hydrogen-bond acceptors (Lipinski definition) is 2. The molecule has 2 nitrogen and oxygen atoms in total. The van der Waals surface area contributed by atoms with E-state index in [2.05, 4.69) is 24.2 Å². The zero-order valence-corrected chi connectivity index (χ0v) is 10.1. The van der Waals surface area contributed by atoms with Gasteiger partial charge in [-0.05, 0) is 53.2 Å². The first-order valence-corrected chi connectivity index (χ1v) is 6.11. The van der Waals surface area contributed by atoms with Crippen LogP contribution >= 0.6 is 0 Å². The Morgan fingerprint density at radius 2 is 2.07 bits per heavy atom. The van der Waals surface area contributed by atoms with Crippen LogP contribution in [0.2, 0.25) is 0 Å². The molecule has 0 aromatic rings. The van der Waals surface area contributed by atoms with Gasteiger partial charge in [-0.15, -0.1) is 0 Å². The van der Waals surface area contributed by atoms with Crippen LogP contribution in [0.3, 0.4) is 0 Å². The molecule has 0 spiro atoms. The minimum Gasteiger partial charge on any atom is -0.317 e. The molecule has 1 saturated carbocycles. The Kier molecular flexibility index (Phi) is 5.49. The minimum atomic E-state index is 0.684. The van der Waals surface area contributed by atoms with Crippen LogP contribution in [0.15, 0.2) is 0 Å². The molecule has 14 heavy (non-hydrogen) atoms. The van der Waals surface area contributed by atoms with Crippen molar-refractivity contribution in [2.45, 2.75) is 57.5 Å². The Balaban J connectivity index is 1.92. The molecule has 0 aliphatic heterocycles. The lowest BCUT2D eigenvalue weighted by Crippen LogP contribution is -2.37. The van der Waals surface area contributed by atoms with Gasteiger partial charge in [0.2, 0.25) is 0 Å². The second-order valence-corrected chi connectivity index (χ2v) is 4.75. The summed E-state index contributed by atoms with van der Waals surface area (Å²) in [5.41, 5.74) is 0. The summed E-state index contributed by atoms with van der Waals surface area (Å²) in [6, 6.07) is 1.60. The molecular weight excluding hydrogens is 172 g/mol. The Labute approximate surface area is 89.1 Å². The maximum absolute atomic E-state index is 3.28. The van der Waals surface area contributed by atoms with Gasteiger partial charge in [0.05, 0.1) is 0 Å². The SMILES string of the molecule is CNC(C)CCCCN(C)C1CCC1. The molecule has 0 heterocycles. The average molecular weight is 198 g/mol. The van der Waals surface area contributed by atoms with Crippen LogP contribution in [-0.2, 0) is 0 Å². The first kappa shape index (κ1) is 12.0. The van der Waals surface area contributed by atoms with Crippen molar-refractivity contribution >= 4 is 0 Å². The molecule has 1 N–H and O–H groups in total. The molecule has 1 fully saturated rings. The minimum absolute atomic E-state index is 0.684. The van der Waals surface area contributed by atoms with Crippen molar-refractivity contribution in [1.29, 1.82) is 0 Å². The Morgan fingerprint density at radius 1 is 1.36 bits per heavy atom. The van der Waals surface area contributed by atoms with Gasteiger partial charge in [0.15, 0.2) is 0 Å². The van der Waals surface area contributed by atoms with Crippen molar-refractivity contribution in [3.63, 3.8) is 0 Å². The molecule has 0 saturated heterocycles. The predicted molar refractivity (Wildman–Crippen MR) is 62.6 cm³/mol. The number of nitrogens with zero attached hydrogens (tertiary/aromatic N) is 1. The van der Waals surface area contributed by atoms with Crippen molar-refractivity contribution in [3.8, 4) is 0 Å². The van der Waals surface area contributed by atoms with Gasteiger partial charge in [-0.1, -0.05) is 12.8 Å². The van der Waals surface area contributed by atoms with Crippen molar-refractivity contribution < 1.29 is 0 Å². The van der Waals surface area contributed by atoms with Gasteiger partial charge in [-0.3, -0.25) is 0 Å². The highest BCUT2D eigenvalue weighted by Gasteiger charge is 2.20. The second kappa shape index (κ2) is 6.41. The number of nitrogens with one attached hydrogen (secondary N) is 1. The highest BCUT2D eigenvalue weighted by Crippen LogP contribution is 2.23. The predicted octanol–water partition coefficient (Wildman–Crippen LogP) is 2.25. The Morgan fingerprint density at radius 3 is 2.57 bits per heavy atom. The van der Waals surface area contributed by atoms with E-state index in [1.165, 1.54) is 45.1 Å². The van der Waals surface area contributed by atoms with Crippen molar-refractivity contribution in [1.82, 2.24) is 10.2 Å². The summed E-state index contributed by atoms with van der Waals surface area (Å²) in [6.45, 7) is 3.55. The number of rotatable bonds is 7. The van der Waals surface area contributed by atoms with E-state index in [0.29, 0.717) is 6.04 Å². The van der Waals surface area contributed by atoms with Gasteiger partial charge < -0.3 is 10.2 Å². The Hall–Kier alpha value is -0.0800. The summed E-state index contributed by atoms with van der Waals surface area (Å²) in [5.74, 6) is 0. The van der Waals surface area contributed by atoms with E-state index >= 15 is 0 Å². The van der Waals surface area contributed by atoms with Crippen LogP contribution in [0.4, 0.5) is 0 Å². The van der Waals surface area contributed by atoms with Crippen LogP contribution in [0.1, 0.15) is 45.4 Å². The first-order valence-electron chi connectivity index (χ1n) is 6.11. The van der Waals surface area contributed by atoms with E-state index in [-0.39, 0.29) is 0 Å². The van der Waals surface area contributed by atoms with Crippen molar-refractivity contribution in [2.24, 2.45) is 0 Å². The van der Waals surface area contributed by atoms with E-state index < -0.39 is 0 Å². The molecule has 1 aliphatic carbocycles. The summed E-state index contributed by atoms with van der Waals surface area (Å²) in [7, 11) is 4.33. The molecule has 84 valence electrons. The lowest BCUT2D eigenvalue weighted by atomic mass is 9.92. The van der Waals surface area contributed by atoms with E-state index in [1.54, 1.807) is 0 Å². The van der Waals surface area contributed by atoms with Crippen molar-refractivity contribution in [2.75, 3.05) is 20.6 Å². The molecule has 0 amide bonds. The summed E-state index contributed by atoms with van der Waals surface area (Å²) in [4.78, 5) is 2.55. The smallest absolute Gasteiger partial charge is 0.00922 e. The molecule has 0 aromatic carbocycles. The molecule has 0 radical (unpaired) electrons. The summed E-state index contributed by atoms with van der Waals surface area (Å²) in [5, 5.41) is 3.28. The zero-order chi connectivity index (χ0) is 10.4. The lowest BCUT2D eigenvalue weighted by molar-refractivity contribution is 0.157. The third-order valence-corrected chi connectivity index (χ3v) is 3.59. The summed E-state index contributed by atoms with van der Waals surface area (Å²) >= 11 is 0. The lowest BCUT2D eigenvalue weighted by Gasteiger charge is -2.34. The quantitative estimate of drug-likeness (QED) is 0.631. The number of hydrogen-bond donors (Lipinski definition) is 1. The fraction of sp³-hybridized carbons (Fsp3) is 1.00. The number of unbranched alkanes of at least 4 members (excludes halogenated alkanes) is 1. The summed E-state index contributed by atoms with van der Waals surface area (Å²) < 4.78 is 0. The van der Waals surface area contributed by atoms with Crippen molar-refractivity contribution in [3.05, 3.63) is 0 Å². The molecule has 1 atom stereocenters. The van der Waals surface area contributed by atoms with Gasteiger partial charge in [-0.25, -0.2) is 0 Å². The fourth-order valence-electron chi connectivity index (χ4n) is 1.97. The van der Waals surface area contributed by atoms with E-state index in [1.807, 2.05) is 7.05 Å². The molecule has 1 aliphatic rings. The third kappa shape index (κ3) is 3.97. The Bertz CT molecular complexity index is 143. The van der Waals surface area contributed by atoms with Gasteiger partial charge in [0.1, 0.15) is 0 Å². The molecule has 0 aromatic heterocycles. The van der Waals surface area contributed by atoms with Gasteiger partial charge in [-0.2, -0.15) is 0 Å². The fourth-order valence-corrected chi connectivity index (χ4v) is 1.97. The van der Waals surface area contributed by atoms with Gasteiger partial charge in [0.25, 0.3) is 0 Å². The standard InChI is InChI=1S/C12H26N2/c1-11(13-2)7-4-5-10-14(3)12-8-6-9-12/h11-13H,4-10H2,1-3H3. The first-order chi connectivity index (χ1) is 6.74. The van der Waals surface area contributed by atoms with Gasteiger partial charge >= 0.3 is 0 Å². The van der Waals surface area contributed by atoms with E-state index in [0.717, 1.165) is 6.04 Å². The average Bonchev–Trinajstić information content (AvgIpc) is 2.09.